The molecule has 2 saturated heterocycles. The first-order valence-electron chi connectivity index (χ1n) is 24.7. The zero-order chi connectivity index (χ0) is 50.3. The van der Waals surface area contributed by atoms with E-state index in [4.69, 9.17) is 33.2 Å². The number of ether oxygens (including phenoxy) is 7. The number of fused-ring (bicyclic) bond motifs is 2. The summed E-state index contributed by atoms with van der Waals surface area (Å²) < 4.78 is 57.1. The summed E-state index contributed by atoms with van der Waals surface area (Å²) in [6.07, 6.45) is 8.58. The number of methoxy groups -OCH3 is 3. The molecule has 4 aromatic carbocycles. The van der Waals surface area contributed by atoms with Crippen molar-refractivity contribution in [1.82, 2.24) is 18.9 Å². The van der Waals surface area contributed by atoms with Crippen molar-refractivity contribution in [3.63, 3.8) is 0 Å². The van der Waals surface area contributed by atoms with Gasteiger partial charge in [0.15, 0.2) is 0 Å². The molecular formula is C55H69FN4O11. The summed E-state index contributed by atoms with van der Waals surface area (Å²) in [6, 6.07) is 20.8. The number of aromatic nitrogens is 2. The highest BCUT2D eigenvalue weighted by atomic mass is 19.1. The normalized spacial score (nSPS) is 14.8. The molecule has 0 aliphatic carbocycles. The second-order valence-corrected chi connectivity index (χ2v) is 17.8. The summed E-state index contributed by atoms with van der Waals surface area (Å²) in [4.78, 5) is 27.7. The Hall–Kier alpha value is -6.33. The molecule has 2 aliphatic heterocycles. The smallest absolute Gasteiger partial charge is 0.339 e. The van der Waals surface area contributed by atoms with E-state index >= 15 is 0 Å². The molecule has 382 valence electrons. The minimum Gasteiger partial charge on any atom is -0.497 e. The van der Waals surface area contributed by atoms with Crippen LogP contribution in [0.2, 0.25) is 0 Å². The molecule has 2 aliphatic rings. The zero-order valence-electron chi connectivity index (χ0n) is 41.7. The Kier molecular flexibility index (Phi) is 19.0. The van der Waals surface area contributed by atoms with Crippen LogP contribution in [-0.2, 0) is 22.6 Å². The molecule has 0 spiro atoms. The number of halogens is 1. The van der Waals surface area contributed by atoms with Crippen LogP contribution in [0.3, 0.4) is 0 Å². The first-order chi connectivity index (χ1) is 34.5. The number of hydrogen-bond donors (Lipinski definition) is 2. The highest BCUT2D eigenvalue weighted by Gasteiger charge is 2.26. The monoisotopic (exact) mass is 980 g/mol. The number of carboxylic acid groups (broad SMARTS) is 2. The third kappa shape index (κ3) is 13.6. The molecule has 6 aromatic rings. The van der Waals surface area contributed by atoms with Gasteiger partial charge in [-0.2, -0.15) is 0 Å². The van der Waals surface area contributed by atoms with Gasteiger partial charge in [0.2, 0.25) is 0 Å². The molecule has 2 aromatic heterocycles. The highest BCUT2D eigenvalue weighted by Crippen LogP contribution is 2.38. The van der Waals surface area contributed by atoms with Gasteiger partial charge in [-0.1, -0.05) is 0 Å². The van der Waals surface area contributed by atoms with Crippen molar-refractivity contribution < 1.29 is 57.4 Å². The molecule has 0 unspecified atom stereocenters. The number of carbonyl (C=O) groups is 2. The maximum atomic E-state index is 14.0. The van der Waals surface area contributed by atoms with Gasteiger partial charge >= 0.3 is 11.9 Å². The van der Waals surface area contributed by atoms with Crippen LogP contribution in [0.25, 0.3) is 21.8 Å². The van der Waals surface area contributed by atoms with Crippen molar-refractivity contribution in [2.45, 2.75) is 64.5 Å². The van der Waals surface area contributed by atoms with Crippen LogP contribution in [0.5, 0.6) is 28.7 Å². The van der Waals surface area contributed by atoms with Gasteiger partial charge < -0.3 is 52.5 Å². The largest absolute Gasteiger partial charge is 0.497 e. The molecule has 71 heavy (non-hydrogen) atoms. The van der Waals surface area contributed by atoms with Gasteiger partial charge in [-0.05, 0) is 149 Å². The Bertz CT molecular complexity index is 2690. The lowest BCUT2D eigenvalue weighted by Gasteiger charge is -2.31. The predicted molar refractivity (Wildman–Crippen MR) is 271 cm³/mol. The number of likely N-dealkylation sites (tertiary alicyclic amines) is 2. The van der Waals surface area contributed by atoms with Crippen molar-refractivity contribution in [2.24, 2.45) is 0 Å². The lowest BCUT2D eigenvalue weighted by molar-refractivity contribution is 0.0680. The number of nitrogens with zero attached hydrogens (tertiary/aromatic N) is 4. The predicted octanol–water partition coefficient (Wildman–Crippen LogP) is 9.43. The molecule has 16 heteroatoms. The molecule has 4 heterocycles. The summed E-state index contributed by atoms with van der Waals surface area (Å²) in [7, 11) is 4.80. The molecule has 0 radical (unpaired) electrons. The molecule has 0 bridgehead atoms. The third-order valence-corrected chi connectivity index (χ3v) is 13.6. The fraction of sp³-hybridized carbons (Fsp3) is 0.455. The molecular weight excluding hydrogens is 912 g/mol. The van der Waals surface area contributed by atoms with Crippen LogP contribution in [0.1, 0.15) is 83.2 Å². The van der Waals surface area contributed by atoms with Crippen molar-refractivity contribution >= 4 is 33.7 Å². The fourth-order valence-corrected chi connectivity index (χ4v) is 9.72. The molecule has 2 N–H and O–H groups in total. The second kappa shape index (κ2) is 25.7. The Balaban J connectivity index is 0.000000209. The summed E-state index contributed by atoms with van der Waals surface area (Å²) in [5.41, 5.74) is 5.05. The number of carboxylic acids is 2. The van der Waals surface area contributed by atoms with E-state index in [0.717, 1.165) is 88.2 Å². The lowest BCUT2D eigenvalue weighted by atomic mass is 9.89. The lowest BCUT2D eigenvalue weighted by Crippen LogP contribution is -2.35. The van der Waals surface area contributed by atoms with E-state index in [1.165, 1.54) is 47.3 Å². The molecule has 8 rings (SSSR count). The standard InChI is InChI=1S/C28H36N2O6.C27H33FN2O5/c1-4-35-15-14-30-19-25(24-17-21(33-2)6-8-26(24)30)20-9-11-29(12-10-20)13-16-36-27-18-22(34-3)5-7-23(27)28(31)32;1-3-34-14-13-30-18-24(22-6-4-20(28)16-25(22)30)19-8-10-29(11-9-19)12-15-35-26-17-21(33-2)5-7-23(26)27(31)32/h5-8,17-20H,4,9-16H2,1-3H3,(H,31,32);4-7,16-19H,3,8-15H2,1-2H3,(H,31,32). The number of hydrogen-bond acceptors (Lipinski definition) is 11. The zero-order valence-corrected chi connectivity index (χ0v) is 41.7. The van der Waals surface area contributed by atoms with Crippen molar-refractivity contribution in [2.75, 3.05) is 100 Å². The number of benzene rings is 4. The summed E-state index contributed by atoms with van der Waals surface area (Å²) in [5, 5.41) is 21.2. The number of aromatic carboxylic acids is 2. The van der Waals surface area contributed by atoms with E-state index in [9.17, 15) is 24.2 Å². The maximum absolute atomic E-state index is 14.0. The highest BCUT2D eigenvalue weighted by molar-refractivity contribution is 5.92. The van der Waals surface area contributed by atoms with E-state index in [-0.39, 0.29) is 16.9 Å². The average Bonchev–Trinajstić information content (AvgIpc) is 3.94. The van der Waals surface area contributed by atoms with Gasteiger partial charge in [-0.3, -0.25) is 9.80 Å². The minimum absolute atomic E-state index is 0.127. The first kappa shape index (κ1) is 52.5. The molecule has 2 fully saturated rings. The van der Waals surface area contributed by atoms with Crippen molar-refractivity contribution in [3.05, 3.63) is 113 Å². The average molecular weight is 981 g/mol. The quantitative estimate of drug-likeness (QED) is 0.0587. The van der Waals surface area contributed by atoms with Crippen LogP contribution in [0, 0.1) is 5.82 Å². The van der Waals surface area contributed by atoms with Gasteiger partial charge in [0, 0.05) is 80.2 Å². The Morgan fingerprint density at radius 3 is 1.46 bits per heavy atom. The van der Waals surface area contributed by atoms with E-state index in [2.05, 4.69) is 43.5 Å². The molecule has 0 atom stereocenters. The minimum atomic E-state index is -1.02. The van der Waals surface area contributed by atoms with Gasteiger partial charge in [0.25, 0.3) is 0 Å². The van der Waals surface area contributed by atoms with Gasteiger partial charge in [0.05, 0.1) is 40.1 Å². The molecule has 0 amide bonds. The topological polar surface area (TPSA) is 156 Å². The van der Waals surface area contributed by atoms with Gasteiger partial charge in [-0.15, -0.1) is 0 Å². The van der Waals surface area contributed by atoms with Gasteiger partial charge in [-0.25, -0.2) is 14.0 Å². The van der Waals surface area contributed by atoms with Crippen molar-refractivity contribution in [3.8, 4) is 28.7 Å². The van der Waals surface area contributed by atoms with Gasteiger partial charge in [0.1, 0.15) is 58.9 Å². The summed E-state index contributed by atoms with van der Waals surface area (Å²) in [5.74, 6) is 1.29. The first-order valence-corrected chi connectivity index (χ1v) is 24.7. The van der Waals surface area contributed by atoms with E-state index in [0.29, 0.717) is 81.0 Å². The van der Waals surface area contributed by atoms with Crippen LogP contribution < -0.4 is 23.7 Å². The SMILES string of the molecule is CCOCCn1cc(C2CCN(CCOc3cc(OC)ccc3C(=O)O)CC2)c2cc(OC)ccc21.CCOCCn1cc(C2CCN(CCOc3cc(OC)ccc3C(=O)O)CC2)c2ccc(F)cc21. The van der Waals surface area contributed by atoms with Crippen molar-refractivity contribution in [1.29, 1.82) is 0 Å². The molecule has 0 saturated carbocycles. The van der Waals surface area contributed by atoms with E-state index in [1.54, 1.807) is 44.6 Å². The van der Waals surface area contributed by atoms with Crippen LogP contribution in [0.15, 0.2) is 85.2 Å². The Morgan fingerprint density at radius 2 is 1.00 bits per heavy atom. The van der Waals surface area contributed by atoms with Crippen LogP contribution in [-0.4, -0.2) is 141 Å². The van der Waals surface area contributed by atoms with Crippen LogP contribution >= 0.6 is 0 Å². The fourth-order valence-electron chi connectivity index (χ4n) is 9.72. The second-order valence-electron chi connectivity index (χ2n) is 17.8. The number of rotatable bonds is 23. The Morgan fingerprint density at radius 1 is 0.549 bits per heavy atom. The summed E-state index contributed by atoms with van der Waals surface area (Å²) >= 11 is 0. The van der Waals surface area contributed by atoms with E-state index in [1.807, 2.05) is 26.0 Å². The Labute approximate surface area is 415 Å². The van der Waals surface area contributed by atoms with Crippen LogP contribution in [0.4, 0.5) is 4.39 Å². The molecule has 15 nitrogen and oxygen atoms in total. The van der Waals surface area contributed by atoms with E-state index < -0.39 is 11.9 Å². The maximum Gasteiger partial charge on any atom is 0.339 e. The third-order valence-electron chi connectivity index (χ3n) is 13.6. The summed E-state index contributed by atoms with van der Waals surface area (Å²) in [6.45, 7) is 14.3. The number of piperidine rings is 2.